The van der Waals surface area contributed by atoms with Gasteiger partial charge < -0.3 is 10.5 Å². The van der Waals surface area contributed by atoms with Crippen molar-refractivity contribution < 1.29 is 4.74 Å². The third-order valence-corrected chi connectivity index (χ3v) is 4.05. The minimum atomic E-state index is 0.223. The maximum Gasteiger partial charge on any atom is 0.0716 e. The predicted octanol–water partition coefficient (Wildman–Crippen LogP) is 2.95. The number of hydrogen-bond donors (Lipinski definition) is 1. The van der Waals surface area contributed by atoms with Crippen LogP contribution in [0.2, 0.25) is 0 Å². The first-order valence-corrected chi connectivity index (χ1v) is 7.70. The maximum atomic E-state index is 6.46. The van der Waals surface area contributed by atoms with Crippen LogP contribution in [-0.2, 0) is 11.3 Å². The van der Waals surface area contributed by atoms with Crippen LogP contribution in [0.15, 0.2) is 24.3 Å². The van der Waals surface area contributed by atoms with Gasteiger partial charge in [0.1, 0.15) is 0 Å². The van der Waals surface area contributed by atoms with Crippen LogP contribution in [0.3, 0.4) is 0 Å². The molecule has 1 fully saturated rings. The first kappa shape index (κ1) is 15.5. The lowest BCUT2D eigenvalue weighted by Crippen LogP contribution is -2.47. The molecule has 1 aliphatic rings. The van der Waals surface area contributed by atoms with E-state index in [1.165, 1.54) is 17.5 Å². The second kappa shape index (κ2) is 7.21. The fourth-order valence-electron chi connectivity index (χ4n) is 3.31. The third-order valence-electron chi connectivity index (χ3n) is 4.05. The van der Waals surface area contributed by atoms with Crippen molar-refractivity contribution in [3.05, 3.63) is 35.4 Å². The van der Waals surface area contributed by atoms with Crippen molar-refractivity contribution in [1.82, 2.24) is 4.90 Å². The molecular weight excluding hydrogens is 248 g/mol. The molecule has 0 bridgehead atoms. The summed E-state index contributed by atoms with van der Waals surface area (Å²) in [5.41, 5.74) is 9.08. The number of rotatable bonds is 5. The lowest BCUT2D eigenvalue weighted by atomic mass is 9.88. The standard InChI is InChI=1S/C17H28N2O/c1-13(2)11-19-10-6-9-16(18)17(19)15-8-5-4-7-14(15)12-20-3/h4-5,7-8,13,16-17H,6,9-12,18H2,1-3H3. The Labute approximate surface area is 123 Å². The lowest BCUT2D eigenvalue weighted by molar-refractivity contribution is 0.110. The van der Waals surface area contributed by atoms with Crippen molar-refractivity contribution in [2.75, 3.05) is 20.2 Å². The van der Waals surface area contributed by atoms with Gasteiger partial charge in [0.2, 0.25) is 0 Å². The van der Waals surface area contributed by atoms with Crippen molar-refractivity contribution >= 4 is 0 Å². The zero-order valence-corrected chi connectivity index (χ0v) is 13.0. The molecule has 1 aromatic rings. The molecule has 2 unspecified atom stereocenters. The van der Waals surface area contributed by atoms with E-state index in [2.05, 4.69) is 43.0 Å². The molecule has 0 amide bonds. The van der Waals surface area contributed by atoms with E-state index in [-0.39, 0.29) is 6.04 Å². The number of nitrogens with two attached hydrogens (primary N) is 1. The SMILES string of the molecule is COCc1ccccc1C1C(N)CCCN1CC(C)C. The molecular formula is C17H28N2O. The molecule has 3 heteroatoms. The van der Waals surface area contributed by atoms with Gasteiger partial charge in [-0.3, -0.25) is 4.90 Å². The molecule has 112 valence electrons. The van der Waals surface area contributed by atoms with E-state index in [1.807, 2.05) is 0 Å². The van der Waals surface area contributed by atoms with Gasteiger partial charge in [-0.1, -0.05) is 38.1 Å². The van der Waals surface area contributed by atoms with E-state index in [0.29, 0.717) is 18.6 Å². The lowest BCUT2D eigenvalue weighted by Gasteiger charge is -2.41. The first-order valence-electron chi connectivity index (χ1n) is 7.70. The normalized spacial score (nSPS) is 24.2. The van der Waals surface area contributed by atoms with Crippen molar-refractivity contribution in [2.45, 2.75) is 45.4 Å². The summed E-state index contributed by atoms with van der Waals surface area (Å²) in [6, 6.07) is 9.13. The Kier molecular flexibility index (Phi) is 5.58. The number of benzene rings is 1. The van der Waals surface area contributed by atoms with Gasteiger partial charge in [0.25, 0.3) is 0 Å². The number of nitrogens with zero attached hydrogens (tertiary/aromatic N) is 1. The van der Waals surface area contributed by atoms with Gasteiger partial charge in [-0.25, -0.2) is 0 Å². The van der Waals surface area contributed by atoms with Gasteiger partial charge in [-0.05, 0) is 36.4 Å². The number of hydrogen-bond acceptors (Lipinski definition) is 3. The highest BCUT2D eigenvalue weighted by atomic mass is 16.5. The highest BCUT2D eigenvalue weighted by Gasteiger charge is 2.31. The van der Waals surface area contributed by atoms with Crippen LogP contribution in [0.4, 0.5) is 0 Å². The van der Waals surface area contributed by atoms with E-state index in [4.69, 9.17) is 10.5 Å². The molecule has 0 aliphatic carbocycles. The highest BCUT2D eigenvalue weighted by molar-refractivity contribution is 5.31. The summed E-state index contributed by atoms with van der Waals surface area (Å²) in [7, 11) is 1.75. The molecule has 0 spiro atoms. The van der Waals surface area contributed by atoms with E-state index >= 15 is 0 Å². The average molecular weight is 276 g/mol. The van der Waals surface area contributed by atoms with Crippen LogP contribution < -0.4 is 5.73 Å². The predicted molar refractivity (Wildman–Crippen MR) is 83.5 cm³/mol. The van der Waals surface area contributed by atoms with Crippen LogP contribution in [0.25, 0.3) is 0 Å². The quantitative estimate of drug-likeness (QED) is 0.898. The second-order valence-electron chi connectivity index (χ2n) is 6.27. The number of piperidine rings is 1. The van der Waals surface area contributed by atoms with Crippen molar-refractivity contribution in [3.63, 3.8) is 0 Å². The second-order valence-corrected chi connectivity index (χ2v) is 6.27. The maximum absolute atomic E-state index is 6.46. The molecule has 20 heavy (non-hydrogen) atoms. The Balaban J connectivity index is 2.29. The number of ether oxygens (including phenoxy) is 1. The molecule has 0 saturated carbocycles. The number of methoxy groups -OCH3 is 1. The topological polar surface area (TPSA) is 38.5 Å². The van der Waals surface area contributed by atoms with E-state index < -0.39 is 0 Å². The van der Waals surface area contributed by atoms with Gasteiger partial charge in [0, 0.05) is 19.7 Å². The number of likely N-dealkylation sites (tertiary alicyclic amines) is 1. The van der Waals surface area contributed by atoms with Crippen LogP contribution in [0, 0.1) is 5.92 Å². The fraction of sp³-hybridized carbons (Fsp3) is 0.647. The minimum absolute atomic E-state index is 0.223. The first-order chi connectivity index (χ1) is 9.63. The monoisotopic (exact) mass is 276 g/mol. The summed E-state index contributed by atoms with van der Waals surface area (Å²) < 4.78 is 5.35. The summed E-state index contributed by atoms with van der Waals surface area (Å²) >= 11 is 0. The molecule has 2 rings (SSSR count). The van der Waals surface area contributed by atoms with E-state index in [0.717, 1.165) is 19.5 Å². The van der Waals surface area contributed by atoms with Crippen LogP contribution in [-0.4, -0.2) is 31.1 Å². The smallest absolute Gasteiger partial charge is 0.0716 e. The summed E-state index contributed by atoms with van der Waals surface area (Å²) in [6.07, 6.45) is 2.32. The third kappa shape index (κ3) is 3.60. The largest absolute Gasteiger partial charge is 0.380 e. The van der Waals surface area contributed by atoms with Crippen molar-refractivity contribution in [2.24, 2.45) is 11.7 Å². The van der Waals surface area contributed by atoms with Crippen LogP contribution in [0.1, 0.15) is 43.9 Å². The Morgan fingerprint density at radius 1 is 1.35 bits per heavy atom. The summed E-state index contributed by atoms with van der Waals surface area (Å²) in [5, 5.41) is 0. The molecule has 2 atom stereocenters. The Morgan fingerprint density at radius 2 is 2.10 bits per heavy atom. The Hall–Kier alpha value is -0.900. The van der Waals surface area contributed by atoms with Gasteiger partial charge in [-0.15, -0.1) is 0 Å². The van der Waals surface area contributed by atoms with Crippen LogP contribution >= 0.6 is 0 Å². The molecule has 2 N–H and O–H groups in total. The van der Waals surface area contributed by atoms with Crippen molar-refractivity contribution in [1.29, 1.82) is 0 Å². The molecule has 0 aromatic heterocycles. The zero-order chi connectivity index (χ0) is 14.5. The van der Waals surface area contributed by atoms with E-state index in [1.54, 1.807) is 7.11 Å². The molecule has 0 radical (unpaired) electrons. The molecule has 1 aliphatic heterocycles. The summed E-state index contributed by atoms with van der Waals surface area (Å²) in [6.45, 7) is 7.48. The highest BCUT2D eigenvalue weighted by Crippen LogP contribution is 2.33. The van der Waals surface area contributed by atoms with E-state index in [9.17, 15) is 0 Å². The fourth-order valence-corrected chi connectivity index (χ4v) is 3.31. The molecule has 1 saturated heterocycles. The van der Waals surface area contributed by atoms with Gasteiger partial charge in [-0.2, -0.15) is 0 Å². The Bertz CT molecular complexity index is 419. The average Bonchev–Trinajstić information content (AvgIpc) is 2.40. The Morgan fingerprint density at radius 3 is 2.80 bits per heavy atom. The van der Waals surface area contributed by atoms with Gasteiger partial charge in [0.15, 0.2) is 0 Å². The summed E-state index contributed by atoms with van der Waals surface area (Å²) in [5.74, 6) is 0.664. The molecule has 1 aromatic carbocycles. The molecule has 3 nitrogen and oxygen atoms in total. The van der Waals surface area contributed by atoms with Gasteiger partial charge in [0.05, 0.1) is 12.6 Å². The van der Waals surface area contributed by atoms with Crippen LogP contribution in [0.5, 0.6) is 0 Å². The minimum Gasteiger partial charge on any atom is -0.380 e. The molecule has 1 heterocycles. The van der Waals surface area contributed by atoms with Crippen molar-refractivity contribution in [3.8, 4) is 0 Å². The zero-order valence-electron chi connectivity index (χ0n) is 13.0. The summed E-state index contributed by atoms with van der Waals surface area (Å²) in [4.78, 5) is 2.56. The van der Waals surface area contributed by atoms with Gasteiger partial charge >= 0.3 is 0 Å².